The van der Waals surface area contributed by atoms with Gasteiger partial charge in [-0.3, -0.25) is 10.4 Å². The van der Waals surface area contributed by atoms with Crippen LogP contribution in [0.3, 0.4) is 0 Å². The molecule has 4 nitrogen and oxygen atoms in total. The number of nitrogen functional groups attached to an aromatic ring is 1. The highest BCUT2D eigenvalue weighted by Crippen LogP contribution is 2.26. The summed E-state index contributed by atoms with van der Waals surface area (Å²) < 4.78 is 0. The first-order chi connectivity index (χ1) is 8.20. The number of hydrogen-bond donors (Lipinski definition) is 2. The first-order valence-corrected chi connectivity index (χ1v) is 6.26. The van der Waals surface area contributed by atoms with Gasteiger partial charge in [-0.05, 0) is 30.9 Å². The molecule has 1 unspecified atom stereocenters. The molecule has 1 aliphatic rings. The summed E-state index contributed by atoms with van der Waals surface area (Å²) in [6.07, 6.45) is 5.57. The summed E-state index contributed by atoms with van der Waals surface area (Å²) >= 11 is 0. The van der Waals surface area contributed by atoms with Crippen molar-refractivity contribution in [1.82, 2.24) is 4.98 Å². The van der Waals surface area contributed by atoms with Crippen LogP contribution in [0.15, 0.2) is 18.3 Å². The van der Waals surface area contributed by atoms with E-state index in [0.717, 1.165) is 24.7 Å². The van der Waals surface area contributed by atoms with Gasteiger partial charge in [-0.1, -0.05) is 13.3 Å². The Morgan fingerprint density at radius 2 is 2.47 bits per heavy atom. The third-order valence-corrected chi connectivity index (χ3v) is 3.37. The normalized spacial score (nSPS) is 19.6. The second kappa shape index (κ2) is 5.17. The van der Waals surface area contributed by atoms with Gasteiger partial charge in [-0.25, -0.2) is 0 Å². The molecule has 4 heteroatoms. The highest BCUT2D eigenvalue weighted by atomic mass is 15.2. The second-order valence-electron chi connectivity index (χ2n) is 4.70. The molecular formula is C13H20N4. The molecule has 3 N–H and O–H groups in total. The number of rotatable bonds is 4. The molecule has 1 saturated heterocycles. The number of anilines is 1. The standard InChI is InChI=1S/C13H20N4/c1-2-3-10-5-7-17(9-10)11-4-6-16-12(8-11)13(14)15/h4,6,8,10H,2-3,5,7,9H2,1H3,(H3,14,15). The van der Waals surface area contributed by atoms with Crippen LogP contribution in [0.2, 0.25) is 0 Å². The summed E-state index contributed by atoms with van der Waals surface area (Å²) in [4.78, 5) is 6.46. The fraction of sp³-hybridized carbons (Fsp3) is 0.538. The van der Waals surface area contributed by atoms with E-state index in [2.05, 4.69) is 16.8 Å². The second-order valence-corrected chi connectivity index (χ2v) is 4.70. The molecule has 1 aromatic heterocycles. The lowest BCUT2D eigenvalue weighted by molar-refractivity contribution is 0.530. The van der Waals surface area contributed by atoms with Gasteiger partial charge in [0.1, 0.15) is 11.5 Å². The fourth-order valence-corrected chi connectivity index (χ4v) is 2.47. The molecule has 2 heterocycles. The molecule has 0 aliphatic carbocycles. The van der Waals surface area contributed by atoms with E-state index >= 15 is 0 Å². The van der Waals surface area contributed by atoms with Gasteiger partial charge in [0.15, 0.2) is 0 Å². The molecule has 0 aromatic carbocycles. The van der Waals surface area contributed by atoms with E-state index in [0.29, 0.717) is 5.69 Å². The smallest absolute Gasteiger partial charge is 0.141 e. The van der Waals surface area contributed by atoms with Gasteiger partial charge in [0.25, 0.3) is 0 Å². The third kappa shape index (κ3) is 2.75. The van der Waals surface area contributed by atoms with Crippen molar-refractivity contribution >= 4 is 11.5 Å². The highest BCUT2D eigenvalue weighted by molar-refractivity contribution is 5.93. The van der Waals surface area contributed by atoms with Crippen LogP contribution in [0.1, 0.15) is 31.9 Å². The predicted octanol–water partition coefficient (Wildman–Crippen LogP) is 1.99. The van der Waals surface area contributed by atoms with Gasteiger partial charge in [-0.15, -0.1) is 0 Å². The average molecular weight is 232 g/mol. The lowest BCUT2D eigenvalue weighted by Gasteiger charge is -2.19. The number of aromatic nitrogens is 1. The van der Waals surface area contributed by atoms with E-state index in [4.69, 9.17) is 11.1 Å². The van der Waals surface area contributed by atoms with E-state index < -0.39 is 0 Å². The van der Waals surface area contributed by atoms with Crippen molar-refractivity contribution in [2.75, 3.05) is 18.0 Å². The Labute approximate surface area is 102 Å². The van der Waals surface area contributed by atoms with Gasteiger partial charge in [0.2, 0.25) is 0 Å². The minimum absolute atomic E-state index is 0.0381. The van der Waals surface area contributed by atoms with Crippen molar-refractivity contribution in [1.29, 1.82) is 5.41 Å². The largest absolute Gasteiger partial charge is 0.382 e. The molecule has 0 amide bonds. The summed E-state index contributed by atoms with van der Waals surface area (Å²) in [5.41, 5.74) is 7.17. The van der Waals surface area contributed by atoms with Crippen molar-refractivity contribution in [2.24, 2.45) is 11.7 Å². The highest BCUT2D eigenvalue weighted by Gasteiger charge is 2.22. The molecule has 92 valence electrons. The van der Waals surface area contributed by atoms with E-state index in [9.17, 15) is 0 Å². The van der Waals surface area contributed by atoms with Crippen LogP contribution < -0.4 is 10.6 Å². The van der Waals surface area contributed by atoms with Crippen molar-refractivity contribution in [2.45, 2.75) is 26.2 Å². The fourth-order valence-electron chi connectivity index (χ4n) is 2.47. The monoisotopic (exact) mass is 232 g/mol. The zero-order valence-electron chi connectivity index (χ0n) is 10.3. The molecule has 1 atom stereocenters. The van der Waals surface area contributed by atoms with Gasteiger partial charge >= 0.3 is 0 Å². The zero-order chi connectivity index (χ0) is 12.3. The third-order valence-electron chi connectivity index (χ3n) is 3.37. The molecule has 17 heavy (non-hydrogen) atoms. The molecule has 1 aromatic rings. The Bertz CT molecular complexity index is 402. The molecule has 0 spiro atoms. The first kappa shape index (κ1) is 11.9. The Morgan fingerprint density at radius 3 is 3.18 bits per heavy atom. The summed E-state index contributed by atoms with van der Waals surface area (Å²) in [7, 11) is 0. The number of hydrogen-bond acceptors (Lipinski definition) is 3. The average Bonchev–Trinajstić information content (AvgIpc) is 2.78. The summed E-state index contributed by atoms with van der Waals surface area (Å²) in [5, 5.41) is 7.41. The van der Waals surface area contributed by atoms with Crippen LogP contribution >= 0.6 is 0 Å². The Kier molecular flexibility index (Phi) is 3.61. The van der Waals surface area contributed by atoms with E-state index in [1.165, 1.54) is 19.3 Å². The van der Waals surface area contributed by atoms with Crippen molar-refractivity contribution in [3.8, 4) is 0 Å². The maximum absolute atomic E-state index is 7.41. The van der Waals surface area contributed by atoms with Gasteiger partial charge < -0.3 is 10.6 Å². The predicted molar refractivity (Wildman–Crippen MR) is 70.5 cm³/mol. The summed E-state index contributed by atoms with van der Waals surface area (Å²) in [6, 6.07) is 3.91. The van der Waals surface area contributed by atoms with Crippen LogP contribution in [-0.2, 0) is 0 Å². The van der Waals surface area contributed by atoms with Crippen molar-refractivity contribution in [3.05, 3.63) is 24.0 Å². The number of nitrogens with one attached hydrogen (secondary N) is 1. The molecule has 2 rings (SSSR count). The lowest BCUT2D eigenvalue weighted by atomic mass is 10.0. The topological polar surface area (TPSA) is 66.0 Å². The first-order valence-electron chi connectivity index (χ1n) is 6.26. The van der Waals surface area contributed by atoms with E-state index in [1.54, 1.807) is 6.20 Å². The number of amidine groups is 1. The quantitative estimate of drug-likeness (QED) is 0.616. The Balaban J connectivity index is 2.08. The SMILES string of the molecule is CCCC1CCN(c2ccnc(C(=N)N)c2)C1. The Morgan fingerprint density at radius 1 is 1.65 bits per heavy atom. The Hall–Kier alpha value is -1.58. The maximum atomic E-state index is 7.41. The van der Waals surface area contributed by atoms with Crippen molar-refractivity contribution < 1.29 is 0 Å². The minimum atomic E-state index is 0.0381. The maximum Gasteiger partial charge on any atom is 0.141 e. The zero-order valence-corrected chi connectivity index (χ0v) is 10.3. The van der Waals surface area contributed by atoms with Gasteiger partial charge in [0, 0.05) is 25.0 Å². The number of nitrogens with zero attached hydrogens (tertiary/aromatic N) is 2. The van der Waals surface area contributed by atoms with Crippen molar-refractivity contribution in [3.63, 3.8) is 0 Å². The molecule has 0 bridgehead atoms. The van der Waals surface area contributed by atoms with Crippen LogP contribution in [0.5, 0.6) is 0 Å². The molecule has 0 radical (unpaired) electrons. The van der Waals surface area contributed by atoms with E-state index in [-0.39, 0.29) is 5.84 Å². The number of pyridine rings is 1. The van der Waals surface area contributed by atoms with Crippen LogP contribution in [0, 0.1) is 11.3 Å². The van der Waals surface area contributed by atoms with E-state index in [1.807, 2.05) is 12.1 Å². The molecule has 1 aliphatic heterocycles. The summed E-state index contributed by atoms with van der Waals surface area (Å²) in [6.45, 7) is 4.46. The van der Waals surface area contributed by atoms with Gasteiger partial charge in [0.05, 0.1) is 0 Å². The van der Waals surface area contributed by atoms with Crippen LogP contribution in [-0.4, -0.2) is 23.9 Å². The van der Waals surface area contributed by atoms with Gasteiger partial charge in [-0.2, -0.15) is 0 Å². The lowest BCUT2D eigenvalue weighted by Crippen LogP contribution is -2.21. The minimum Gasteiger partial charge on any atom is -0.382 e. The van der Waals surface area contributed by atoms with Crippen LogP contribution in [0.4, 0.5) is 5.69 Å². The van der Waals surface area contributed by atoms with Crippen LogP contribution in [0.25, 0.3) is 0 Å². The number of nitrogens with two attached hydrogens (primary N) is 1. The molecule has 0 saturated carbocycles. The summed E-state index contributed by atoms with van der Waals surface area (Å²) in [5.74, 6) is 0.852. The molecule has 1 fully saturated rings. The molecular weight excluding hydrogens is 212 g/mol.